The molecule has 1 N–H and O–H groups in total. The minimum atomic E-state index is -0.543. The maximum atomic E-state index is 14.0. The largest absolute Gasteiger partial charge is 0.337 e. The highest BCUT2D eigenvalue weighted by Crippen LogP contribution is 2.26. The van der Waals surface area contributed by atoms with Crippen molar-refractivity contribution < 1.29 is 4.79 Å². The Morgan fingerprint density at radius 1 is 1.18 bits per heavy atom. The Kier molecular flexibility index (Phi) is 8.46. The van der Waals surface area contributed by atoms with Gasteiger partial charge < -0.3 is 9.80 Å². The number of H-pyrrole nitrogens is 1. The van der Waals surface area contributed by atoms with E-state index in [0.717, 1.165) is 19.4 Å². The zero-order valence-corrected chi connectivity index (χ0v) is 20.8. The lowest BCUT2D eigenvalue weighted by Crippen LogP contribution is -2.41. The van der Waals surface area contributed by atoms with Crippen LogP contribution < -0.4 is 11.2 Å². The van der Waals surface area contributed by atoms with Gasteiger partial charge in [0.15, 0.2) is 5.65 Å². The van der Waals surface area contributed by atoms with Crippen molar-refractivity contribution in [3.8, 4) is 0 Å². The van der Waals surface area contributed by atoms with Gasteiger partial charge in [-0.15, -0.1) is 0 Å². The summed E-state index contributed by atoms with van der Waals surface area (Å²) in [5, 5.41) is 0.218. The molecule has 182 valence electrons. The molecule has 1 amide bonds. The fourth-order valence-electron chi connectivity index (χ4n) is 4.64. The Labute approximate surface area is 196 Å². The van der Waals surface area contributed by atoms with E-state index in [9.17, 15) is 14.4 Å². The topological polar surface area (TPSA) is 91.3 Å². The number of nitrogens with zero attached hydrogens (tertiary/aromatic N) is 4. The van der Waals surface area contributed by atoms with Gasteiger partial charge in [0.25, 0.3) is 11.5 Å². The molecule has 3 rings (SSSR count). The van der Waals surface area contributed by atoms with E-state index in [-0.39, 0.29) is 17.2 Å². The number of aromatic amines is 1. The molecule has 0 unspecified atom stereocenters. The molecule has 0 aliphatic heterocycles. The summed E-state index contributed by atoms with van der Waals surface area (Å²) in [6.07, 6.45) is 6.67. The smallest absolute Gasteiger partial charge is 0.329 e. The Morgan fingerprint density at radius 2 is 1.88 bits per heavy atom. The van der Waals surface area contributed by atoms with Crippen LogP contribution in [0.4, 0.5) is 0 Å². The van der Waals surface area contributed by atoms with Gasteiger partial charge in [-0.1, -0.05) is 40.0 Å². The third-order valence-corrected chi connectivity index (χ3v) is 6.55. The second-order valence-electron chi connectivity index (χ2n) is 9.92. The molecular formula is C25H39N5O3. The Balaban J connectivity index is 2.14. The van der Waals surface area contributed by atoms with Crippen LogP contribution in [0.15, 0.2) is 15.7 Å². The van der Waals surface area contributed by atoms with Crippen LogP contribution >= 0.6 is 0 Å². The summed E-state index contributed by atoms with van der Waals surface area (Å²) in [5.41, 5.74) is 0.354. The summed E-state index contributed by atoms with van der Waals surface area (Å²) >= 11 is 0. The standard InChI is InChI=1S/C25H39N5O3/c1-6-12-30-22-21(23(31)27-25(30)33)19(15-20(26-22)17(2)3)24(32)29(14-13-28(4)5)16-18-10-8-7-9-11-18/h15,17-18H,6-14,16H2,1-5H3,(H,27,31,33). The van der Waals surface area contributed by atoms with E-state index in [1.54, 1.807) is 6.07 Å². The van der Waals surface area contributed by atoms with E-state index in [1.165, 1.54) is 23.8 Å². The molecule has 2 aromatic heterocycles. The van der Waals surface area contributed by atoms with Crippen molar-refractivity contribution in [2.75, 3.05) is 33.7 Å². The first-order valence-corrected chi connectivity index (χ1v) is 12.3. The molecule has 0 saturated heterocycles. The number of carbonyl (C=O) groups excluding carboxylic acids is 1. The highest BCUT2D eigenvalue weighted by molar-refractivity contribution is 6.05. The third kappa shape index (κ3) is 5.91. The second kappa shape index (κ2) is 11.1. The van der Waals surface area contributed by atoms with Gasteiger partial charge in [0.2, 0.25) is 0 Å². The number of amides is 1. The molecule has 1 aliphatic carbocycles. The van der Waals surface area contributed by atoms with Crippen molar-refractivity contribution in [3.63, 3.8) is 0 Å². The van der Waals surface area contributed by atoms with Gasteiger partial charge in [0.1, 0.15) is 0 Å². The number of hydrogen-bond acceptors (Lipinski definition) is 5. The molecule has 1 saturated carbocycles. The average molecular weight is 458 g/mol. The van der Waals surface area contributed by atoms with Crippen molar-refractivity contribution in [1.29, 1.82) is 0 Å². The van der Waals surface area contributed by atoms with E-state index in [0.29, 0.717) is 48.9 Å². The number of hydrogen-bond donors (Lipinski definition) is 1. The van der Waals surface area contributed by atoms with Crippen molar-refractivity contribution in [2.45, 2.75) is 71.8 Å². The first-order valence-electron chi connectivity index (χ1n) is 12.3. The van der Waals surface area contributed by atoms with E-state index in [4.69, 9.17) is 0 Å². The number of fused-ring (bicyclic) bond motifs is 1. The number of pyridine rings is 1. The quantitative estimate of drug-likeness (QED) is 0.624. The minimum absolute atomic E-state index is 0.0546. The van der Waals surface area contributed by atoms with Crippen LogP contribution in [0.3, 0.4) is 0 Å². The van der Waals surface area contributed by atoms with E-state index in [2.05, 4.69) is 14.9 Å². The van der Waals surface area contributed by atoms with Gasteiger partial charge in [-0.3, -0.25) is 19.1 Å². The number of aryl methyl sites for hydroxylation is 1. The summed E-state index contributed by atoms with van der Waals surface area (Å²) in [6, 6.07) is 1.76. The molecule has 2 heterocycles. The second-order valence-corrected chi connectivity index (χ2v) is 9.92. The van der Waals surface area contributed by atoms with E-state index < -0.39 is 11.2 Å². The summed E-state index contributed by atoms with van der Waals surface area (Å²) in [5.74, 6) is 0.391. The third-order valence-electron chi connectivity index (χ3n) is 6.55. The van der Waals surface area contributed by atoms with Crippen molar-refractivity contribution in [1.82, 2.24) is 24.3 Å². The maximum absolute atomic E-state index is 14.0. The Morgan fingerprint density at radius 3 is 2.48 bits per heavy atom. The van der Waals surface area contributed by atoms with Crippen molar-refractivity contribution in [2.24, 2.45) is 5.92 Å². The maximum Gasteiger partial charge on any atom is 0.329 e. The molecule has 1 fully saturated rings. The van der Waals surface area contributed by atoms with Crippen LogP contribution in [-0.4, -0.2) is 64.0 Å². The number of rotatable bonds is 9. The zero-order chi connectivity index (χ0) is 24.1. The summed E-state index contributed by atoms with van der Waals surface area (Å²) < 4.78 is 1.49. The lowest BCUT2D eigenvalue weighted by molar-refractivity contribution is 0.0703. The molecule has 1 aliphatic rings. The highest BCUT2D eigenvalue weighted by Gasteiger charge is 2.26. The Hall–Kier alpha value is -2.48. The summed E-state index contributed by atoms with van der Waals surface area (Å²) in [4.78, 5) is 50.5. The van der Waals surface area contributed by atoms with Crippen LogP contribution in [0, 0.1) is 5.92 Å². The van der Waals surface area contributed by atoms with Gasteiger partial charge in [-0.05, 0) is 51.3 Å². The van der Waals surface area contributed by atoms with Crippen molar-refractivity contribution in [3.05, 3.63) is 38.2 Å². The monoisotopic (exact) mass is 457 g/mol. The van der Waals surface area contributed by atoms with Gasteiger partial charge in [0.05, 0.1) is 10.9 Å². The molecule has 0 spiro atoms. The fourth-order valence-corrected chi connectivity index (χ4v) is 4.64. The van der Waals surface area contributed by atoms with E-state index >= 15 is 0 Å². The van der Waals surface area contributed by atoms with Crippen LogP contribution in [0.5, 0.6) is 0 Å². The fraction of sp³-hybridized carbons (Fsp3) is 0.680. The molecule has 0 aromatic carbocycles. The van der Waals surface area contributed by atoms with Crippen LogP contribution in [0.2, 0.25) is 0 Å². The predicted molar refractivity (Wildman–Crippen MR) is 132 cm³/mol. The normalized spacial score (nSPS) is 15.0. The minimum Gasteiger partial charge on any atom is -0.337 e. The molecule has 33 heavy (non-hydrogen) atoms. The number of nitrogens with one attached hydrogen (secondary N) is 1. The first-order chi connectivity index (χ1) is 15.7. The zero-order valence-electron chi connectivity index (χ0n) is 20.8. The lowest BCUT2D eigenvalue weighted by atomic mass is 9.88. The van der Waals surface area contributed by atoms with Crippen LogP contribution in [0.25, 0.3) is 11.0 Å². The van der Waals surface area contributed by atoms with Crippen LogP contribution in [0.1, 0.15) is 81.3 Å². The Bertz CT molecular complexity index is 1080. The lowest BCUT2D eigenvalue weighted by Gasteiger charge is -2.31. The molecule has 0 atom stereocenters. The van der Waals surface area contributed by atoms with Gasteiger partial charge in [-0.25, -0.2) is 9.78 Å². The molecule has 0 bridgehead atoms. The molecule has 0 radical (unpaired) electrons. The summed E-state index contributed by atoms with van der Waals surface area (Å²) in [7, 11) is 3.99. The molecule has 8 nitrogen and oxygen atoms in total. The summed E-state index contributed by atoms with van der Waals surface area (Å²) in [6.45, 7) is 8.44. The van der Waals surface area contributed by atoms with Crippen molar-refractivity contribution >= 4 is 16.9 Å². The highest BCUT2D eigenvalue weighted by atomic mass is 16.2. The average Bonchev–Trinajstić information content (AvgIpc) is 2.78. The first kappa shape index (κ1) is 25.1. The van der Waals surface area contributed by atoms with Gasteiger partial charge >= 0.3 is 5.69 Å². The van der Waals surface area contributed by atoms with Gasteiger partial charge in [-0.2, -0.15) is 0 Å². The van der Waals surface area contributed by atoms with Crippen LogP contribution in [-0.2, 0) is 6.54 Å². The molecule has 2 aromatic rings. The van der Waals surface area contributed by atoms with E-state index in [1.807, 2.05) is 39.8 Å². The molecule has 8 heteroatoms. The molecular weight excluding hydrogens is 418 g/mol. The SMILES string of the molecule is CCCn1c(=O)[nH]c(=O)c2c(C(=O)N(CCN(C)C)CC3CCCCC3)cc(C(C)C)nc21. The number of likely N-dealkylation sites (N-methyl/N-ethyl adjacent to an activating group) is 1. The predicted octanol–water partition coefficient (Wildman–Crippen LogP) is 3.20. The van der Waals surface area contributed by atoms with Gasteiger partial charge in [0, 0.05) is 31.9 Å². The number of aromatic nitrogens is 3. The number of carbonyl (C=O) groups is 1.